The summed E-state index contributed by atoms with van der Waals surface area (Å²) in [6.07, 6.45) is 4.67. The van der Waals surface area contributed by atoms with Crippen LogP contribution in [0.3, 0.4) is 0 Å². The van der Waals surface area contributed by atoms with Crippen LogP contribution in [0.25, 0.3) is 11.4 Å². The van der Waals surface area contributed by atoms with Gasteiger partial charge in [-0.25, -0.2) is 14.5 Å². The number of carbonyl (C=O) groups is 1. The molecule has 3 rings (SSSR count). The molecule has 6 heteroatoms. The van der Waals surface area contributed by atoms with Crippen LogP contribution in [0.1, 0.15) is 36.0 Å². The Hall–Kier alpha value is -2.21. The highest BCUT2D eigenvalue weighted by Crippen LogP contribution is 2.27. The minimum Gasteiger partial charge on any atom is -0.477 e. The molecule has 3 heterocycles. The lowest BCUT2D eigenvalue weighted by molar-refractivity contribution is -0.0384. The SMILES string of the molecule is O=C(O)c1cccc(-c2ccnn2C2CCCCO2)n1. The zero-order valence-electron chi connectivity index (χ0n) is 10.9. The molecular weight excluding hydrogens is 258 g/mol. The maximum absolute atomic E-state index is 11.0. The van der Waals surface area contributed by atoms with Gasteiger partial charge in [0.2, 0.25) is 0 Å². The monoisotopic (exact) mass is 273 g/mol. The highest BCUT2D eigenvalue weighted by molar-refractivity contribution is 5.85. The number of hydrogen-bond acceptors (Lipinski definition) is 4. The van der Waals surface area contributed by atoms with Crippen LogP contribution >= 0.6 is 0 Å². The van der Waals surface area contributed by atoms with Crippen LogP contribution in [0.15, 0.2) is 30.5 Å². The van der Waals surface area contributed by atoms with Gasteiger partial charge in [0.15, 0.2) is 6.23 Å². The van der Waals surface area contributed by atoms with Crippen molar-refractivity contribution in [2.24, 2.45) is 0 Å². The molecule has 1 fully saturated rings. The smallest absolute Gasteiger partial charge is 0.354 e. The molecule has 104 valence electrons. The van der Waals surface area contributed by atoms with Crippen LogP contribution in [-0.4, -0.2) is 32.4 Å². The summed E-state index contributed by atoms with van der Waals surface area (Å²) in [5, 5.41) is 13.3. The minimum absolute atomic E-state index is 0.0276. The van der Waals surface area contributed by atoms with Gasteiger partial charge in [-0.2, -0.15) is 5.10 Å². The van der Waals surface area contributed by atoms with E-state index in [-0.39, 0.29) is 11.9 Å². The molecule has 0 amide bonds. The lowest BCUT2D eigenvalue weighted by Crippen LogP contribution is -2.20. The van der Waals surface area contributed by atoms with E-state index in [1.54, 1.807) is 23.0 Å². The quantitative estimate of drug-likeness (QED) is 0.928. The summed E-state index contributed by atoms with van der Waals surface area (Å²) in [5.74, 6) is -1.04. The summed E-state index contributed by atoms with van der Waals surface area (Å²) in [6.45, 7) is 0.729. The average Bonchev–Trinajstić information content (AvgIpc) is 2.98. The van der Waals surface area contributed by atoms with Crippen molar-refractivity contribution in [1.29, 1.82) is 0 Å². The molecule has 2 aromatic rings. The molecule has 0 spiro atoms. The Kier molecular flexibility index (Phi) is 3.47. The summed E-state index contributed by atoms with van der Waals surface area (Å²) in [6, 6.07) is 6.77. The maximum Gasteiger partial charge on any atom is 0.354 e. The molecule has 0 radical (unpaired) electrons. The van der Waals surface area contributed by atoms with Crippen molar-refractivity contribution >= 4 is 5.97 Å². The number of ether oxygens (including phenoxy) is 1. The first-order valence-corrected chi connectivity index (χ1v) is 6.61. The normalized spacial score (nSPS) is 18.9. The third-order valence-corrected chi connectivity index (χ3v) is 3.33. The number of aromatic nitrogens is 3. The first-order valence-electron chi connectivity index (χ1n) is 6.61. The Labute approximate surface area is 116 Å². The second-order valence-corrected chi connectivity index (χ2v) is 4.70. The fourth-order valence-corrected chi connectivity index (χ4v) is 2.36. The molecule has 1 aliphatic heterocycles. The highest BCUT2D eigenvalue weighted by Gasteiger charge is 2.20. The lowest BCUT2D eigenvalue weighted by Gasteiger charge is -2.24. The molecule has 6 nitrogen and oxygen atoms in total. The van der Waals surface area contributed by atoms with Gasteiger partial charge in [-0.3, -0.25) is 0 Å². The van der Waals surface area contributed by atoms with E-state index in [1.165, 1.54) is 6.07 Å². The molecular formula is C14H15N3O3. The average molecular weight is 273 g/mol. The predicted octanol–water partition coefficient (Wildman–Crippen LogP) is 2.34. The van der Waals surface area contributed by atoms with Gasteiger partial charge in [0.25, 0.3) is 0 Å². The summed E-state index contributed by atoms with van der Waals surface area (Å²) >= 11 is 0. The fourth-order valence-electron chi connectivity index (χ4n) is 2.36. The molecule has 2 aromatic heterocycles. The first-order chi connectivity index (χ1) is 9.75. The van der Waals surface area contributed by atoms with Crippen molar-refractivity contribution in [1.82, 2.24) is 14.8 Å². The van der Waals surface area contributed by atoms with E-state index < -0.39 is 5.97 Å². The molecule has 1 N–H and O–H groups in total. The second kappa shape index (κ2) is 5.42. The highest BCUT2D eigenvalue weighted by atomic mass is 16.5. The van der Waals surface area contributed by atoms with Crippen molar-refractivity contribution in [2.45, 2.75) is 25.5 Å². The molecule has 0 saturated carbocycles. The Morgan fingerprint density at radius 3 is 3.00 bits per heavy atom. The van der Waals surface area contributed by atoms with E-state index in [4.69, 9.17) is 9.84 Å². The second-order valence-electron chi connectivity index (χ2n) is 4.70. The molecule has 1 atom stereocenters. The number of rotatable bonds is 3. The molecule has 0 aromatic carbocycles. The van der Waals surface area contributed by atoms with Gasteiger partial charge < -0.3 is 9.84 Å². The van der Waals surface area contributed by atoms with Crippen LogP contribution in [-0.2, 0) is 4.74 Å². The predicted molar refractivity (Wildman–Crippen MR) is 71.3 cm³/mol. The number of nitrogens with zero attached hydrogens (tertiary/aromatic N) is 3. The minimum atomic E-state index is -1.04. The van der Waals surface area contributed by atoms with E-state index in [0.717, 1.165) is 31.6 Å². The molecule has 1 aliphatic rings. The Morgan fingerprint density at radius 1 is 1.35 bits per heavy atom. The summed E-state index contributed by atoms with van der Waals surface area (Å²) in [4.78, 5) is 15.2. The largest absolute Gasteiger partial charge is 0.477 e. The van der Waals surface area contributed by atoms with E-state index in [2.05, 4.69) is 10.1 Å². The third kappa shape index (κ3) is 2.42. The Bertz CT molecular complexity index is 618. The van der Waals surface area contributed by atoms with Crippen molar-refractivity contribution in [3.8, 4) is 11.4 Å². The van der Waals surface area contributed by atoms with Crippen molar-refractivity contribution < 1.29 is 14.6 Å². The van der Waals surface area contributed by atoms with Crippen LogP contribution in [0.5, 0.6) is 0 Å². The topological polar surface area (TPSA) is 77.2 Å². The third-order valence-electron chi connectivity index (χ3n) is 3.33. The zero-order chi connectivity index (χ0) is 13.9. The molecule has 1 saturated heterocycles. The van der Waals surface area contributed by atoms with E-state index in [0.29, 0.717) is 5.69 Å². The molecule has 0 bridgehead atoms. The van der Waals surface area contributed by atoms with E-state index in [1.807, 2.05) is 6.07 Å². The van der Waals surface area contributed by atoms with Crippen LogP contribution < -0.4 is 0 Å². The van der Waals surface area contributed by atoms with Crippen LogP contribution in [0.2, 0.25) is 0 Å². The van der Waals surface area contributed by atoms with Gasteiger partial charge in [0, 0.05) is 12.8 Å². The summed E-state index contributed by atoms with van der Waals surface area (Å²) < 4.78 is 7.50. The van der Waals surface area contributed by atoms with Gasteiger partial charge in [-0.15, -0.1) is 0 Å². The van der Waals surface area contributed by atoms with Crippen molar-refractivity contribution in [3.05, 3.63) is 36.2 Å². The zero-order valence-corrected chi connectivity index (χ0v) is 10.9. The van der Waals surface area contributed by atoms with Crippen molar-refractivity contribution in [3.63, 3.8) is 0 Å². The molecule has 0 aliphatic carbocycles. The van der Waals surface area contributed by atoms with Gasteiger partial charge in [0.1, 0.15) is 5.69 Å². The van der Waals surface area contributed by atoms with Crippen LogP contribution in [0.4, 0.5) is 0 Å². The van der Waals surface area contributed by atoms with Gasteiger partial charge >= 0.3 is 5.97 Å². The number of aromatic carboxylic acids is 1. The van der Waals surface area contributed by atoms with Gasteiger partial charge in [-0.05, 0) is 37.5 Å². The lowest BCUT2D eigenvalue weighted by atomic mass is 10.2. The number of pyridine rings is 1. The number of hydrogen-bond donors (Lipinski definition) is 1. The van der Waals surface area contributed by atoms with Crippen molar-refractivity contribution in [2.75, 3.05) is 6.61 Å². The van der Waals surface area contributed by atoms with E-state index in [9.17, 15) is 4.79 Å². The number of carboxylic acids is 1. The van der Waals surface area contributed by atoms with Gasteiger partial charge in [0.05, 0.1) is 11.4 Å². The summed E-state index contributed by atoms with van der Waals surface area (Å²) in [7, 11) is 0. The summed E-state index contributed by atoms with van der Waals surface area (Å²) in [5.41, 5.74) is 1.40. The van der Waals surface area contributed by atoms with Gasteiger partial charge in [-0.1, -0.05) is 6.07 Å². The molecule has 20 heavy (non-hydrogen) atoms. The van der Waals surface area contributed by atoms with E-state index >= 15 is 0 Å². The first kappa shape index (κ1) is 12.8. The molecule has 1 unspecified atom stereocenters. The maximum atomic E-state index is 11.0. The van der Waals surface area contributed by atoms with Crippen LogP contribution in [0, 0.1) is 0 Å². The Balaban J connectivity index is 1.96. The number of carboxylic acid groups (broad SMARTS) is 1. The fraction of sp³-hybridized carbons (Fsp3) is 0.357. The standard InChI is InChI=1S/C14H15N3O3/c18-14(19)11-5-3-4-10(16-11)12-7-8-15-17(12)13-6-1-2-9-20-13/h3-5,7-8,13H,1-2,6,9H2,(H,18,19). The Morgan fingerprint density at radius 2 is 2.25 bits per heavy atom.